The number of amides is 2. The zero-order valence-corrected chi connectivity index (χ0v) is 19.4. The first-order valence-corrected chi connectivity index (χ1v) is 11.9. The van der Waals surface area contributed by atoms with Crippen LogP contribution in [0.25, 0.3) is 0 Å². The van der Waals surface area contributed by atoms with Crippen molar-refractivity contribution in [3.63, 3.8) is 0 Å². The van der Waals surface area contributed by atoms with Gasteiger partial charge in [-0.3, -0.25) is 4.90 Å². The summed E-state index contributed by atoms with van der Waals surface area (Å²) in [6.07, 6.45) is 4.11. The summed E-state index contributed by atoms with van der Waals surface area (Å²) in [5.41, 5.74) is 1.46. The van der Waals surface area contributed by atoms with E-state index >= 15 is 0 Å². The van der Waals surface area contributed by atoms with Gasteiger partial charge in [-0.15, -0.1) is 0 Å². The van der Waals surface area contributed by atoms with Crippen molar-refractivity contribution < 1.29 is 23.4 Å². The number of carbonyl (C=O) groups excluding carboxylic acids is 1. The molecule has 3 aliphatic carbocycles. The maximum atomic E-state index is 14.8. The lowest BCUT2D eigenvalue weighted by molar-refractivity contribution is -0.0695. The monoisotopic (exact) mass is 471 g/mol. The van der Waals surface area contributed by atoms with Crippen LogP contribution >= 0.6 is 0 Å². The normalized spacial score (nSPS) is 26.7. The largest absolute Gasteiger partial charge is 0.497 e. The first-order valence-electron chi connectivity index (χ1n) is 11.9. The van der Waals surface area contributed by atoms with Gasteiger partial charge >= 0.3 is 6.03 Å². The Morgan fingerprint density at radius 1 is 1.06 bits per heavy atom. The maximum absolute atomic E-state index is 14.8. The van der Waals surface area contributed by atoms with Crippen LogP contribution in [0.3, 0.4) is 0 Å². The van der Waals surface area contributed by atoms with Crippen LogP contribution in [0.15, 0.2) is 36.4 Å². The number of nitrogens with zero attached hydrogens (tertiary/aromatic N) is 1. The minimum Gasteiger partial charge on any atom is -0.497 e. The predicted molar refractivity (Wildman–Crippen MR) is 123 cm³/mol. The first-order chi connectivity index (χ1) is 16.3. The molecule has 0 spiro atoms. The Morgan fingerprint density at radius 3 is 2.44 bits per heavy atom. The molecular formula is C26H31F2N3O3. The van der Waals surface area contributed by atoms with E-state index in [1.165, 1.54) is 25.3 Å². The summed E-state index contributed by atoms with van der Waals surface area (Å²) in [5, 5.41) is 16.7. The second-order valence-electron chi connectivity index (χ2n) is 10.1. The number of benzene rings is 2. The molecule has 0 saturated heterocycles. The van der Waals surface area contributed by atoms with Crippen molar-refractivity contribution in [1.29, 1.82) is 0 Å². The number of urea groups is 1. The summed E-state index contributed by atoms with van der Waals surface area (Å²) in [4.78, 5) is 15.2. The summed E-state index contributed by atoms with van der Waals surface area (Å²) in [6, 6.07) is 9.13. The lowest BCUT2D eigenvalue weighted by Crippen LogP contribution is -2.62. The minimum atomic E-state index is -0.578. The molecule has 182 valence electrons. The molecule has 3 saturated carbocycles. The van der Waals surface area contributed by atoms with Crippen molar-refractivity contribution >= 4 is 6.03 Å². The van der Waals surface area contributed by atoms with E-state index in [1.807, 2.05) is 4.90 Å². The zero-order chi connectivity index (χ0) is 23.9. The standard InChI is InChI=1S/C26H31F2N3O3/c1-34-21-5-3-17(22(28)14-21)13-23(31-15-18-2-4-20(27)12-19(18)16-31)29-24(32)30-25-6-9-26(33,10-7-25)11-8-25/h2-5,12,14,23,33H,6-11,13,15-16H2,1H3,(H2,29,30,32). The van der Waals surface area contributed by atoms with E-state index in [2.05, 4.69) is 10.6 Å². The summed E-state index contributed by atoms with van der Waals surface area (Å²) in [7, 11) is 1.49. The molecule has 2 aromatic carbocycles. The summed E-state index contributed by atoms with van der Waals surface area (Å²) in [6.45, 7) is 1.00. The highest BCUT2D eigenvalue weighted by Crippen LogP contribution is 2.46. The Kier molecular flexibility index (Phi) is 5.98. The van der Waals surface area contributed by atoms with Gasteiger partial charge in [0.25, 0.3) is 0 Å². The van der Waals surface area contributed by atoms with E-state index in [0.29, 0.717) is 43.7 Å². The fourth-order valence-electron chi connectivity index (χ4n) is 5.69. The van der Waals surface area contributed by atoms with Crippen LogP contribution in [0, 0.1) is 11.6 Å². The Labute approximate surface area is 198 Å². The highest BCUT2D eigenvalue weighted by molar-refractivity contribution is 5.75. The van der Waals surface area contributed by atoms with Crippen LogP contribution in [0.4, 0.5) is 13.6 Å². The van der Waals surface area contributed by atoms with Crippen molar-refractivity contribution in [3.8, 4) is 5.75 Å². The number of nitrogens with one attached hydrogen (secondary N) is 2. The molecule has 3 N–H and O–H groups in total. The topological polar surface area (TPSA) is 73.8 Å². The third-order valence-corrected chi connectivity index (χ3v) is 7.91. The van der Waals surface area contributed by atoms with Gasteiger partial charge in [-0.05, 0) is 73.4 Å². The quantitative estimate of drug-likeness (QED) is 0.596. The lowest BCUT2D eigenvalue weighted by Gasteiger charge is -2.51. The van der Waals surface area contributed by atoms with E-state index in [4.69, 9.17) is 4.74 Å². The Bertz CT molecular complexity index is 1070. The second kappa shape index (κ2) is 8.82. The fourth-order valence-corrected chi connectivity index (χ4v) is 5.69. The number of aliphatic hydroxyl groups is 1. The van der Waals surface area contributed by atoms with Gasteiger partial charge in [0, 0.05) is 31.1 Å². The zero-order valence-electron chi connectivity index (χ0n) is 19.4. The average Bonchev–Trinajstić information content (AvgIpc) is 3.24. The highest BCUT2D eigenvalue weighted by Gasteiger charge is 2.48. The van der Waals surface area contributed by atoms with Crippen molar-refractivity contribution in [1.82, 2.24) is 15.5 Å². The molecule has 6 rings (SSSR count). The van der Waals surface area contributed by atoms with Crippen molar-refractivity contribution in [3.05, 3.63) is 64.7 Å². The molecule has 2 bridgehead atoms. The third kappa shape index (κ3) is 4.61. The average molecular weight is 472 g/mol. The Balaban J connectivity index is 1.33. The molecule has 1 unspecified atom stereocenters. The number of rotatable bonds is 6. The van der Waals surface area contributed by atoms with E-state index < -0.39 is 17.6 Å². The molecular weight excluding hydrogens is 440 g/mol. The molecule has 6 nitrogen and oxygen atoms in total. The van der Waals surface area contributed by atoms with Gasteiger partial charge in [0.1, 0.15) is 17.4 Å². The molecule has 34 heavy (non-hydrogen) atoms. The summed E-state index contributed by atoms with van der Waals surface area (Å²) < 4.78 is 33.6. The number of carbonyl (C=O) groups is 1. The van der Waals surface area contributed by atoms with E-state index in [-0.39, 0.29) is 23.8 Å². The van der Waals surface area contributed by atoms with E-state index in [9.17, 15) is 18.7 Å². The number of hydrogen-bond acceptors (Lipinski definition) is 4. The van der Waals surface area contributed by atoms with Gasteiger partial charge in [0.2, 0.25) is 0 Å². The second-order valence-corrected chi connectivity index (χ2v) is 10.1. The molecule has 8 heteroatoms. The van der Waals surface area contributed by atoms with E-state index in [1.54, 1.807) is 18.2 Å². The van der Waals surface area contributed by atoms with Gasteiger partial charge in [-0.2, -0.15) is 0 Å². The molecule has 2 aromatic rings. The smallest absolute Gasteiger partial charge is 0.316 e. The third-order valence-electron chi connectivity index (χ3n) is 7.91. The van der Waals surface area contributed by atoms with Gasteiger partial charge in [-0.25, -0.2) is 13.6 Å². The number of methoxy groups -OCH3 is 1. The van der Waals surface area contributed by atoms with Crippen LogP contribution in [-0.2, 0) is 19.5 Å². The molecule has 1 heterocycles. The van der Waals surface area contributed by atoms with Crippen molar-refractivity contribution in [2.75, 3.05) is 7.11 Å². The minimum absolute atomic E-state index is 0.256. The summed E-state index contributed by atoms with van der Waals surface area (Å²) >= 11 is 0. The van der Waals surface area contributed by atoms with Gasteiger partial charge < -0.3 is 20.5 Å². The predicted octanol–water partition coefficient (Wildman–Crippen LogP) is 3.99. The highest BCUT2D eigenvalue weighted by atomic mass is 19.1. The molecule has 0 aromatic heterocycles. The molecule has 1 atom stereocenters. The molecule has 1 aliphatic heterocycles. The van der Waals surface area contributed by atoms with Gasteiger partial charge in [0.15, 0.2) is 0 Å². The Hall–Kier alpha value is -2.71. The summed E-state index contributed by atoms with van der Waals surface area (Å²) in [5.74, 6) is -0.259. The molecule has 4 aliphatic rings. The van der Waals surface area contributed by atoms with Crippen molar-refractivity contribution in [2.45, 2.75) is 75.3 Å². The van der Waals surface area contributed by atoms with Crippen molar-refractivity contribution in [2.24, 2.45) is 0 Å². The Morgan fingerprint density at radius 2 is 1.76 bits per heavy atom. The number of fused-ring (bicyclic) bond motifs is 4. The first kappa shape index (κ1) is 23.1. The fraction of sp³-hybridized carbons (Fsp3) is 0.500. The number of hydrogen-bond donors (Lipinski definition) is 3. The maximum Gasteiger partial charge on any atom is 0.316 e. The van der Waals surface area contributed by atoms with Crippen LogP contribution in [0.2, 0.25) is 0 Å². The number of halogens is 2. The SMILES string of the molecule is COc1ccc(CC(NC(=O)NC23CCC(O)(CC2)CC3)N2Cc3ccc(F)cc3C2)c(F)c1. The number of ether oxygens (including phenoxy) is 1. The van der Waals surface area contributed by atoms with Crippen LogP contribution in [-0.4, -0.2) is 40.5 Å². The van der Waals surface area contributed by atoms with Crippen LogP contribution in [0.5, 0.6) is 5.75 Å². The van der Waals surface area contributed by atoms with Crippen LogP contribution < -0.4 is 15.4 Å². The van der Waals surface area contributed by atoms with Gasteiger partial charge in [0.05, 0.1) is 18.9 Å². The van der Waals surface area contributed by atoms with E-state index in [0.717, 1.165) is 30.4 Å². The van der Waals surface area contributed by atoms with Crippen LogP contribution in [0.1, 0.15) is 55.2 Å². The lowest BCUT2D eigenvalue weighted by atomic mass is 9.63. The molecule has 2 amide bonds. The molecule has 0 radical (unpaired) electrons. The van der Waals surface area contributed by atoms with Gasteiger partial charge in [-0.1, -0.05) is 12.1 Å². The molecule has 3 fully saturated rings.